The molecule has 20 heavy (non-hydrogen) atoms. The summed E-state index contributed by atoms with van der Waals surface area (Å²) in [5.74, 6) is 1.67. The molecule has 108 valence electrons. The molecule has 2 unspecified atom stereocenters. The van der Waals surface area contributed by atoms with E-state index in [4.69, 9.17) is 22.3 Å². The van der Waals surface area contributed by atoms with Crippen LogP contribution in [0, 0.1) is 0 Å². The van der Waals surface area contributed by atoms with Gasteiger partial charge in [-0.05, 0) is 37.8 Å². The average Bonchev–Trinajstić information content (AvgIpc) is 2.80. The first-order valence-electron chi connectivity index (χ1n) is 7.61. The molecule has 3 nitrogen and oxygen atoms in total. The van der Waals surface area contributed by atoms with Crippen LogP contribution in [0.3, 0.4) is 0 Å². The average molecular weight is 292 g/mol. The second kappa shape index (κ2) is 5.74. The second-order valence-electron chi connectivity index (χ2n) is 5.85. The third-order valence-electron chi connectivity index (χ3n) is 4.27. The lowest BCUT2D eigenvalue weighted by Crippen LogP contribution is -2.28. The largest absolute Gasteiger partial charge is 0.328 e. The first-order chi connectivity index (χ1) is 9.70. The van der Waals surface area contributed by atoms with Gasteiger partial charge in [0.2, 0.25) is 0 Å². The van der Waals surface area contributed by atoms with E-state index >= 15 is 0 Å². The van der Waals surface area contributed by atoms with Crippen LogP contribution in [0.15, 0.2) is 18.2 Å². The third kappa shape index (κ3) is 2.45. The number of nitrogens with two attached hydrogens (primary N) is 1. The molecule has 1 saturated carbocycles. The smallest absolute Gasteiger partial charge is 0.113 e. The Kier molecular flexibility index (Phi) is 3.99. The lowest BCUT2D eigenvalue weighted by Gasteiger charge is -2.26. The predicted molar refractivity (Wildman–Crippen MR) is 84.2 cm³/mol. The summed E-state index contributed by atoms with van der Waals surface area (Å²) in [5, 5.41) is 0.801. The van der Waals surface area contributed by atoms with Crippen LogP contribution < -0.4 is 5.73 Å². The van der Waals surface area contributed by atoms with E-state index in [9.17, 15) is 0 Å². The van der Waals surface area contributed by atoms with Crippen LogP contribution in [0.5, 0.6) is 0 Å². The van der Waals surface area contributed by atoms with E-state index < -0.39 is 0 Å². The topological polar surface area (TPSA) is 43.8 Å². The summed E-state index contributed by atoms with van der Waals surface area (Å²) in [6.45, 7) is 3.17. The van der Waals surface area contributed by atoms with Gasteiger partial charge in [0.15, 0.2) is 0 Å². The minimum atomic E-state index is 0.319. The number of para-hydroxylation sites is 1. The minimum absolute atomic E-state index is 0.319. The van der Waals surface area contributed by atoms with Gasteiger partial charge in [0.25, 0.3) is 0 Å². The molecule has 1 aliphatic rings. The number of fused-ring (bicyclic) bond motifs is 1. The molecule has 0 amide bonds. The number of hydrogen-bond acceptors (Lipinski definition) is 2. The maximum absolute atomic E-state index is 6.39. The van der Waals surface area contributed by atoms with Gasteiger partial charge >= 0.3 is 0 Å². The van der Waals surface area contributed by atoms with Crippen molar-refractivity contribution in [3.05, 3.63) is 29.0 Å². The Morgan fingerprint density at radius 1 is 1.40 bits per heavy atom. The van der Waals surface area contributed by atoms with E-state index in [0.29, 0.717) is 12.0 Å². The molecule has 0 radical (unpaired) electrons. The van der Waals surface area contributed by atoms with Gasteiger partial charge in [0.05, 0.1) is 16.1 Å². The first kappa shape index (κ1) is 13.9. The van der Waals surface area contributed by atoms with Crippen LogP contribution in [0.1, 0.15) is 50.8 Å². The Labute approximate surface area is 125 Å². The molecule has 1 aliphatic carbocycles. The van der Waals surface area contributed by atoms with Gasteiger partial charge in [0, 0.05) is 18.5 Å². The summed E-state index contributed by atoms with van der Waals surface area (Å²) in [6, 6.07) is 6.30. The van der Waals surface area contributed by atoms with Crippen molar-refractivity contribution in [2.45, 2.75) is 57.5 Å². The lowest BCUT2D eigenvalue weighted by atomic mass is 9.85. The predicted octanol–water partition coefficient (Wildman–Crippen LogP) is 4.08. The zero-order chi connectivity index (χ0) is 14.1. The molecular weight excluding hydrogens is 270 g/mol. The van der Waals surface area contributed by atoms with Crippen LogP contribution in [-0.4, -0.2) is 15.6 Å². The number of halogens is 1. The number of hydrogen-bond donors (Lipinski definition) is 1. The van der Waals surface area contributed by atoms with Crippen LogP contribution in [-0.2, 0) is 6.54 Å². The highest BCUT2D eigenvalue weighted by Crippen LogP contribution is 2.35. The van der Waals surface area contributed by atoms with E-state index in [1.165, 1.54) is 18.7 Å². The van der Waals surface area contributed by atoms with Gasteiger partial charge in [-0.2, -0.15) is 0 Å². The van der Waals surface area contributed by atoms with Crippen LogP contribution >= 0.6 is 11.6 Å². The highest BCUT2D eigenvalue weighted by molar-refractivity contribution is 6.35. The molecule has 1 heterocycles. The number of imidazole rings is 1. The SMILES string of the molecule is CCCn1c(C2CCCC(N)C2)nc2cccc(Cl)c21. The molecule has 0 bridgehead atoms. The number of aromatic nitrogens is 2. The number of nitrogens with zero attached hydrogens (tertiary/aromatic N) is 2. The van der Waals surface area contributed by atoms with Crippen molar-refractivity contribution in [2.24, 2.45) is 5.73 Å². The van der Waals surface area contributed by atoms with Crippen molar-refractivity contribution in [3.63, 3.8) is 0 Å². The number of rotatable bonds is 3. The quantitative estimate of drug-likeness (QED) is 0.926. The molecule has 3 rings (SSSR count). The van der Waals surface area contributed by atoms with Crippen LogP contribution in [0.4, 0.5) is 0 Å². The van der Waals surface area contributed by atoms with Crippen molar-refractivity contribution in [3.8, 4) is 0 Å². The maximum atomic E-state index is 6.39. The molecule has 0 saturated heterocycles. The molecule has 0 aliphatic heterocycles. The lowest BCUT2D eigenvalue weighted by molar-refractivity contribution is 0.374. The monoisotopic (exact) mass is 291 g/mol. The summed E-state index contributed by atoms with van der Waals surface area (Å²) in [4.78, 5) is 4.87. The standard InChI is InChI=1S/C16H22ClN3/c1-2-9-20-15-13(17)7-4-8-14(15)19-16(20)11-5-3-6-12(18)10-11/h4,7-8,11-12H,2-3,5-6,9-10,18H2,1H3. The Morgan fingerprint density at radius 2 is 2.25 bits per heavy atom. The van der Waals surface area contributed by atoms with E-state index in [-0.39, 0.29) is 0 Å². The Bertz CT molecular complexity index is 605. The molecule has 2 N–H and O–H groups in total. The summed E-state index contributed by atoms with van der Waals surface area (Å²) in [6.07, 6.45) is 5.67. The van der Waals surface area contributed by atoms with Crippen molar-refractivity contribution in [1.29, 1.82) is 0 Å². The van der Waals surface area contributed by atoms with Gasteiger partial charge in [-0.15, -0.1) is 0 Å². The van der Waals surface area contributed by atoms with E-state index in [1.807, 2.05) is 12.1 Å². The van der Waals surface area contributed by atoms with E-state index in [0.717, 1.165) is 41.9 Å². The summed E-state index contributed by atoms with van der Waals surface area (Å²) in [5.41, 5.74) is 8.25. The highest BCUT2D eigenvalue weighted by Gasteiger charge is 2.26. The molecule has 0 spiro atoms. The van der Waals surface area contributed by atoms with Gasteiger partial charge in [-0.25, -0.2) is 4.98 Å². The van der Waals surface area contributed by atoms with E-state index in [1.54, 1.807) is 0 Å². The van der Waals surface area contributed by atoms with Crippen LogP contribution in [0.25, 0.3) is 11.0 Å². The van der Waals surface area contributed by atoms with Crippen molar-refractivity contribution in [2.75, 3.05) is 0 Å². The molecule has 1 fully saturated rings. The molecule has 1 aromatic heterocycles. The fourth-order valence-electron chi connectivity index (χ4n) is 3.38. The van der Waals surface area contributed by atoms with Gasteiger partial charge in [-0.1, -0.05) is 31.0 Å². The Hall–Kier alpha value is -1.06. The summed E-state index contributed by atoms with van der Waals surface area (Å²) >= 11 is 6.39. The van der Waals surface area contributed by atoms with Gasteiger partial charge < -0.3 is 10.3 Å². The fraction of sp³-hybridized carbons (Fsp3) is 0.562. The maximum Gasteiger partial charge on any atom is 0.113 e. The number of aryl methyl sites for hydroxylation is 1. The molecular formula is C16H22ClN3. The Balaban J connectivity index is 2.09. The summed E-state index contributed by atoms with van der Waals surface area (Å²) < 4.78 is 2.32. The normalized spacial score (nSPS) is 23.4. The highest BCUT2D eigenvalue weighted by atomic mass is 35.5. The van der Waals surface area contributed by atoms with Crippen molar-refractivity contribution >= 4 is 22.6 Å². The molecule has 2 atom stereocenters. The van der Waals surface area contributed by atoms with Gasteiger partial charge in [-0.3, -0.25) is 0 Å². The third-order valence-corrected chi connectivity index (χ3v) is 4.58. The second-order valence-corrected chi connectivity index (χ2v) is 6.26. The number of benzene rings is 1. The zero-order valence-corrected chi connectivity index (χ0v) is 12.7. The first-order valence-corrected chi connectivity index (χ1v) is 7.98. The van der Waals surface area contributed by atoms with Gasteiger partial charge in [0.1, 0.15) is 5.82 Å². The molecule has 1 aromatic carbocycles. The van der Waals surface area contributed by atoms with Crippen molar-refractivity contribution in [1.82, 2.24) is 9.55 Å². The molecule has 2 aromatic rings. The summed E-state index contributed by atoms with van der Waals surface area (Å²) in [7, 11) is 0. The fourth-order valence-corrected chi connectivity index (χ4v) is 3.65. The molecule has 4 heteroatoms. The van der Waals surface area contributed by atoms with E-state index in [2.05, 4.69) is 17.6 Å². The minimum Gasteiger partial charge on any atom is -0.328 e. The Morgan fingerprint density at radius 3 is 3.00 bits per heavy atom. The zero-order valence-electron chi connectivity index (χ0n) is 12.0. The van der Waals surface area contributed by atoms with Crippen LogP contribution in [0.2, 0.25) is 5.02 Å². The van der Waals surface area contributed by atoms with Crippen molar-refractivity contribution < 1.29 is 0 Å².